The Bertz CT molecular complexity index is 546. The van der Waals surface area contributed by atoms with Crippen molar-refractivity contribution in [1.29, 1.82) is 0 Å². The fourth-order valence-corrected chi connectivity index (χ4v) is 2.93. The number of nitrogens with one attached hydrogen (secondary N) is 1. The number of carbonyl (C=O) groups excluding carboxylic acids is 1. The molecule has 1 saturated carbocycles. The third-order valence-corrected chi connectivity index (χ3v) is 4.64. The molecule has 1 aromatic carbocycles. The summed E-state index contributed by atoms with van der Waals surface area (Å²) < 4.78 is 5.52. The third-order valence-electron chi connectivity index (χ3n) is 4.64. The molecule has 2 fully saturated rings. The van der Waals surface area contributed by atoms with E-state index >= 15 is 0 Å². The molecular formula is C17H24N2O2. The first-order valence-corrected chi connectivity index (χ1v) is 7.57. The maximum absolute atomic E-state index is 12.7. The molecule has 4 nitrogen and oxygen atoms in total. The largest absolute Gasteiger partial charge is 0.377 e. The number of methoxy groups -OCH3 is 1. The number of nitrogens with zero attached hydrogens (tertiary/aromatic N) is 1. The van der Waals surface area contributed by atoms with Gasteiger partial charge in [0.05, 0.1) is 12.1 Å². The van der Waals surface area contributed by atoms with E-state index in [1.807, 2.05) is 18.7 Å². The van der Waals surface area contributed by atoms with E-state index in [0.29, 0.717) is 6.54 Å². The van der Waals surface area contributed by atoms with Crippen LogP contribution in [0.4, 0.5) is 0 Å². The quantitative estimate of drug-likeness (QED) is 0.925. The lowest BCUT2D eigenvalue weighted by atomic mass is 10.1. The lowest BCUT2D eigenvalue weighted by Crippen LogP contribution is -2.43. The number of rotatable bonds is 4. The average Bonchev–Trinajstić information content (AvgIpc) is 3.19. The first kappa shape index (κ1) is 14.5. The molecule has 1 atom stereocenters. The zero-order chi connectivity index (χ0) is 15.3. The van der Waals surface area contributed by atoms with E-state index < -0.39 is 0 Å². The molecule has 1 spiro atoms. The maximum Gasteiger partial charge on any atom is 0.244 e. The van der Waals surface area contributed by atoms with Crippen LogP contribution in [0.3, 0.4) is 0 Å². The highest BCUT2D eigenvalue weighted by molar-refractivity contribution is 5.92. The Morgan fingerprint density at radius 3 is 2.48 bits per heavy atom. The van der Waals surface area contributed by atoms with Crippen LogP contribution in [-0.4, -0.2) is 35.6 Å². The SMILES string of the molecule is COC(C)(C)CN1C(=O)C2(CC2)NC1c1ccc(C)cc1. The van der Waals surface area contributed by atoms with Crippen molar-refractivity contribution in [2.45, 2.75) is 50.9 Å². The number of ether oxygens (including phenoxy) is 1. The van der Waals surface area contributed by atoms with Crippen LogP contribution in [0.25, 0.3) is 0 Å². The number of benzene rings is 1. The summed E-state index contributed by atoms with van der Waals surface area (Å²) >= 11 is 0. The summed E-state index contributed by atoms with van der Waals surface area (Å²) in [7, 11) is 1.70. The van der Waals surface area contributed by atoms with E-state index in [-0.39, 0.29) is 23.2 Å². The Hall–Kier alpha value is -1.39. The molecule has 1 aromatic rings. The van der Waals surface area contributed by atoms with Gasteiger partial charge in [-0.15, -0.1) is 0 Å². The Kier molecular flexibility index (Phi) is 3.34. The molecule has 0 aromatic heterocycles. The molecule has 4 heteroatoms. The number of carbonyl (C=O) groups is 1. The lowest BCUT2D eigenvalue weighted by Gasteiger charge is -2.32. The van der Waals surface area contributed by atoms with E-state index in [9.17, 15) is 4.79 Å². The van der Waals surface area contributed by atoms with Crippen molar-refractivity contribution < 1.29 is 9.53 Å². The minimum absolute atomic E-state index is 0.0463. The van der Waals surface area contributed by atoms with Crippen molar-refractivity contribution in [1.82, 2.24) is 10.2 Å². The van der Waals surface area contributed by atoms with E-state index in [4.69, 9.17) is 4.74 Å². The molecule has 1 heterocycles. The molecule has 2 aliphatic rings. The maximum atomic E-state index is 12.7. The summed E-state index contributed by atoms with van der Waals surface area (Å²) in [6.07, 6.45) is 1.84. The summed E-state index contributed by atoms with van der Waals surface area (Å²) in [5.74, 6) is 0.221. The summed E-state index contributed by atoms with van der Waals surface area (Å²) in [6, 6.07) is 8.40. The van der Waals surface area contributed by atoms with Gasteiger partial charge in [-0.25, -0.2) is 0 Å². The van der Waals surface area contributed by atoms with Gasteiger partial charge in [0.25, 0.3) is 0 Å². The monoisotopic (exact) mass is 288 g/mol. The van der Waals surface area contributed by atoms with Crippen molar-refractivity contribution in [3.8, 4) is 0 Å². The third kappa shape index (κ3) is 2.58. The van der Waals surface area contributed by atoms with Crippen LogP contribution in [-0.2, 0) is 9.53 Å². The van der Waals surface area contributed by atoms with Gasteiger partial charge in [0.15, 0.2) is 0 Å². The van der Waals surface area contributed by atoms with Crippen LogP contribution in [0.15, 0.2) is 24.3 Å². The molecule has 0 bridgehead atoms. The van der Waals surface area contributed by atoms with Gasteiger partial charge >= 0.3 is 0 Å². The molecule has 1 aliphatic heterocycles. The van der Waals surface area contributed by atoms with Crippen LogP contribution >= 0.6 is 0 Å². The molecule has 1 saturated heterocycles. The van der Waals surface area contributed by atoms with Crippen LogP contribution < -0.4 is 5.32 Å². The highest BCUT2D eigenvalue weighted by Crippen LogP contribution is 2.46. The van der Waals surface area contributed by atoms with Gasteiger partial charge in [0, 0.05) is 7.11 Å². The normalized spacial score (nSPS) is 23.9. The molecule has 3 rings (SSSR count). The highest BCUT2D eigenvalue weighted by atomic mass is 16.5. The zero-order valence-corrected chi connectivity index (χ0v) is 13.3. The first-order valence-electron chi connectivity index (χ1n) is 7.57. The van der Waals surface area contributed by atoms with E-state index in [1.165, 1.54) is 5.56 Å². The van der Waals surface area contributed by atoms with Crippen LogP contribution in [0.5, 0.6) is 0 Å². The second-order valence-corrected chi connectivity index (χ2v) is 6.94. The van der Waals surface area contributed by atoms with Gasteiger partial charge in [-0.3, -0.25) is 10.1 Å². The molecular weight excluding hydrogens is 264 g/mol. The van der Waals surface area contributed by atoms with Crippen molar-refractivity contribution in [3.63, 3.8) is 0 Å². The minimum atomic E-state index is -0.347. The second kappa shape index (κ2) is 4.82. The van der Waals surface area contributed by atoms with Gasteiger partial charge in [-0.1, -0.05) is 29.8 Å². The van der Waals surface area contributed by atoms with Crippen molar-refractivity contribution in [2.75, 3.05) is 13.7 Å². The van der Waals surface area contributed by atoms with Crippen LogP contribution in [0, 0.1) is 6.92 Å². The van der Waals surface area contributed by atoms with Gasteiger partial charge in [0.1, 0.15) is 11.7 Å². The number of hydrogen-bond acceptors (Lipinski definition) is 3. The Balaban J connectivity index is 1.89. The molecule has 114 valence electrons. The standard InChI is InChI=1S/C17H24N2O2/c1-12-5-7-13(8-6-12)14-18-17(9-10-17)15(20)19(14)11-16(2,3)21-4/h5-8,14,18H,9-11H2,1-4H3. The fraction of sp³-hybridized carbons (Fsp3) is 0.588. The van der Waals surface area contributed by atoms with Crippen LogP contribution in [0.1, 0.15) is 44.0 Å². The topological polar surface area (TPSA) is 41.6 Å². The lowest BCUT2D eigenvalue weighted by molar-refractivity contribution is -0.134. The van der Waals surface area contributed by atoms with Crippen LogP contribution in [0.2, 0.25) is 0 Å². The Morgan fingerprint density at radius 1 is 1.33 bits per heavy atom. The van der Waals surface area contributed by atoms with Crippen molar-refractivity contribution in [3.05, 3.63) is 35.4 Å². The van der Waals surface area contributed by atoms with Gasteiger partial charge < -0.3 is 9.64 Å². The molecule has 1 aliphatic carbocycles. The smallest absolute Gasteiger partial charge is 0.244 e. The second-order valence-electron chi connectivity index (χ2n) is 6.94. The molecule has 0 radical (unpaired) electrons. The van der Waals surface area contributed by atoms with Gasteiger partial charge in [-0.2, -0.15) is 0 Å². The predicted octanol–water partition coefficient (Wildman–Crippen LogP) is 2.38. The number of aryl methyl sites for hydroxylation is 1. The Labute approximate surface area is 126 Å². The van der Waals surface area contributed by atoms with Gasteiger partial charge in [-0.05, 0) is 39.2 Å². The van der Waals surface area contributed by atoms with Crippen molar-refractivity contribution in [2.24, 2.45) is 0 Å². The number of hydrogen-bond donors (Lipinski definition) is 1. The van der Waals surface area contributed by atoms with Gasteiger partial charge in [0.2, 0.25) is 5.91 Å². The van der Waals surface area contributed by atoms with E-state index in [0.717, 1.165) is 18.4 Å². The fourth-order valence-electron chi connectivity index (χ4n) is 2.93. The predicted molar refractivity (Wildman–Crippen MR) is 81.8 cm³/mol. The summed E-state index contributed by atoms with van der Waals surface area (Å²) in [5.41, 5.74) is 1.72. The zero-order valence-electron chi connectivity index (χ0n) is 13.3. The summed E-state index contributed by atoms with van der Waals surface area (Å²) in [5, 5.41) is 3.54. The van der Waals surface area contributed by atoms with Crippen molar-refractivity contribution >= 4 is 5.91 Å². The van der Waals surface area contributed by atoms with E-state index in [2.05, 4.69) is 36.5 Å². The van der Waals surface area contributed by atoms with E-state index in [1.54, 1.807) is 7.11 Å². The highest BCUT2D eigenvalue weighted by Gasteiger charge is 2.59. The summed E-state index contributed by atoms with van der Waals surface area (Å²) in [6.45, 7) is 6.70. The first-order chi connectivity index (χ1) is 9.87. The average molecular weight is 288 g/mol. The minimum Gasteiger partial charge on any atom is -0.377 e. The molecule has 21 heavy (non-hydrogen) atoms. The summed E-state index contributed by atoms with van der Waals surface area (Å²) in [4.78, 5) is 14.7. The molecule has 1 unspecified atom stereocenters. The molecule has 1 N–H and O–H groups in total. The Morgan fingerprint density at radius 2 is 1.95 bits per heavy atom. The molecule has 1 amide bonds. The number of amides is 1.